The van der Waals surface area contributed by atoms with Crippen molar-refractivity contribution in [3.63, 3.8) is 0 Å². The molecule has 0 aliphatic heterocycles. The zero-order chi connectivity index (χ0) is 11.5. The third-order valence-electron chi connectivity index (χ3n) is 2.61. The fourth-order valence-corrected chi connectivity index (χ4v) is 1.74. The summed E-state index contributed by atoms with van der Waals surface area (Å²) < 4.78 is 7.20. The Hall–Kier alpha value is -1.81. The van der Waals surface area contributed by atoms with Crippen molar-refractivity contribution in [1.82, 2.24) is 9.55 Å². The summed E-state index contributed by atoms with van der Waals surface area (Å²) in [5.41, 5.74) is 7.12. The predicted molar refractivity (Wildman–Crippen MR) is 62.2 cm³/mol. The second kappa shape index (κ2) is 4.37. The van der Waals surface area contributed by atoms with Gasteiger partial charge < -0.3 is 15.0 Å². The van der Waals surface area contributed by atoms with Crippen molar-refractivity contribution in [3.05, 3.63) is 48.0 Å². The van der Waals surface area contributed by atoms with E-state index in [1.54, 1.807) is 13.3 Å². The molecule has 0 radical (unpaired) electrons. The Morgan fingerprint density at radius 2 is 2.12 bits per heavy atom. The van der Waals surface area contributed by atoms with E-state index in [0.29, 0.717) is 0 Å². The molecule has 4 heteroatoms. The molecule has 0 aliphatic carbocycles. The Bertz CT molecular complexity index is 479. The number of hydrogen-bond acceptors (Lipinski definition) is 3. The molecule has 0 aliphatic rings. The maximum absolute atomic E-state index is 6.17. The van der Waals surface area contributed by atoms with Crippen LogP contribution >= 0.6 is 0 Å². The van der Waals surface area contributed by atoms with Crippen LogP contribution in [-0.4, -0.2) is 16.7 Å². The van der Waals surface area contributed by atoms with Gasteiger partial charge in [-0.05, 0) is 6.07 Å². The molecule has 0 saturated carbocycles. The number of imidazole rings is 1. The van der Waals surface area contributed by atoms with E-state index in [1.165, 1.54) is 0 Å². The van der Waals surface area contributed by atoms with E-state index in [4.69, 9.17) is 10.5 Å². The standard InChI is InChI=1S/C12H15N3O/c1-15-8-7-14-12(15)11(13)9-5-3-4-6-10(9)16-2/h3-8,11H,13H2,1-2H3/t11-/m0/s1. The lowest BCUT2D eigenvalue weighted by Gasteiger charge is -2.15. The molecule has 1 aromatic heterocycles. The molecule has 4 nitrogen and oxygen atoms in total. The minimum Gasteiger partial charge on any atom is -0.496 e. The quantitative estimate of drug-likeness (QED) is 0.847. The van der Waals surface area contributed by atoms with Gasteiger partial charge in [-0.3, -0.25) is 0 Å². The smallest absolute Gasteiger partial charge is 0.130 e. The van der Waals surface area contributed by atoms with E-state index in [-0.39, 0.29) is 6.04 Å². The average molecular weight is 217 g/mol. The first kappa shape index (κ1) is 10.7. The summed E-state index contributed by atoms with van der Waals surface area (Å²) in [6.45, 7) is 0. The minimum absolute atomic E-state index is 0.267. The Kier molecular flexibility index (Phi) is 2.92. The number of aromatic nitrogens is 2. The molecule has 1 heterocycles. The maximum atomic E-state index is 6.17. The van der Waals surface area contributed by atoms with Gasteiger partial charge in [0.25, 0.3) is 0 Å². The fraction of sp³-hybridized carbons (Fsp3) is 0.250. The molecular formula is C12H15N3O. The molecule has 0 amide bonds. The molecule has 0 saturated heterocycles. The summed E-state index contributed by atoms with van der Waals surface area (Å²) in [7, 11) is 3.57. The average Bonchev–Trinajstić information content (AvgIpc) is 2.74. The first-order chi connectivity index (χ1) is 7.74. The Labute approximate surface area is 94.7 Å². The highest BCUT2D eigenvalue weighted by Crippen LogP contribution is 2.26. The first-order valence-corrected chi connectivity index (χ1v) is 5.09. The molecule has 16 heavy (non-hydrogen) atoms. The number of nitrogens with zero attached hydrogens (tertiary/aromatic N) is 2. The van der Waals surface area contributed by atoms with Crippen molar-refractivity contribution in [3.8, 4) is 5.75 Å². The lowest BCUT2D eigenvalue weighted by Crippen LogP contribution is -2.17. The summed E-state index contributed by atoms with van der Waals surface area (Å²) in [6.07, 6.45) is 3.62. The van der Waals surface area contributed by atoms with E-state index >= 15 is 0 Å². The molecule has 1 aromatic carbocycles. The monoisotopic (exact) mass is 217 g/mol. The largest absolute Gasteiger partial charge is 0.496 e. The summed E-state index contributed by atoms with van der Waals surface area (Å²) in [5, 5.41) is 0. The lowest BCUT2D eigenvalue weighted by atomic mass is 10.1. The van der Waals surface area contributed by atoms with Crippen LogP contribution in [0.3, 0.4) is 0 Å². The summed E-state index contributed by atoms with van der Waals surface area (Å²) >= 11 is 0. The van der Waals surface area contributed by atoms with Crippen molar-refractivity contribution >= 4 is 0 Å². The summed E-state index contributed by atoms with van der Waals surface area (Å²) in [5.74, 6) is 1.61. The third kappa shape index (κ3) is 1.79. The van der Waals surface area contributed by atoms with E-state index in [2.05, 4.69) is 4.98 Å². The fourth-order valence-electron chi connectivity index (χ4n) is 1.74. The van der Waals surface area contributed by atoms with Crippen molar-refractivity contribution in [1.29, 1.82) is 0 Å². The molecular weight excluding hydrogens is 202 g/mol. The number of nitrogens with two attached hydrogens (primary N) is 1. The van der Waals surface area contributed by atoms with Gasteiger partial charge in [0.05, 0.1) is 13.2 Å². The second-order valence-electron chi connectivity index (χ2n) is 3.62. The van der Waals surface area contributed by atoms with Crippen molar-refractivity contribution in [2.45, 2.75) is 6.04 Å². The molecule has 0 unspecified atom stereocenters. The number of rotatable bonds is 3. The second-order valence-corrected chi connectivity index (χ2v) is 3.62. The van der Waals surface area contributed by atoms with Gasteiger partial charge in [-0.1, -0.05) is 18.2 Å². The summed E-state index contributed by atoms with van der Waals surface area (Å²) in [4.78, 5) is 4.25. The van der Waals surface area contributed by atoms with Gasteiger partial charge in [0, 0.05) is 25.0 Å². The van der Waals surface area contributed by atoms with Crippen LogP contribution in [0.5, 0.6) is 5.75 Å². The third-order valence-corrected chi connectivity index (χ3v) is 2.61. The molecule has 84 valence electrons. The van der Waals surface area contributed by atoms with Crippen LogP contribution in [0.2, 0.25) is 0 Å². The Morgan fingerprint density at radius 1 is 1.38 bits per heavy atom. The van der Waals surface area contributed by atoms with E-state index in [1.807, 2.05) is 42.1 Å². The van der Waals surface area contributed by atoms with Gasteiger partial charge >= 0.3 is 0 Å². The highest BCUT2D eigenvalue weighted by Gasteiger charge is 2.16. The van der Waals surface area contributed by atoms with Gasteiger partial charge in [-0.25, -0.2) is 4.98 Å². The lowest BCUT2D eigenvalue weighted by molar-refractivity contribution is 0.407. The highest BCUT2D eigenvalue weighted by molar-refractivity contribution is 5.38. The van der Waals surface area contributed by atoms with E-state index < -0.39 is 0 Å². The molecule has 0 spiro atoms. The number of methoxy groups -OCH3 is 1. The number of para-hydroxylation sites is 1. The summed E-state index contributed by atoms with van der Waals surface area (Å²) in [6, 6.07) is 7.46. The van der Waals surface area contributed by atoms with E-state index in [9.17, 15) is 0 Å². The van der Waals surface area contributed by atoms with Crippen LogP contribution in [0.1, 0.15) is 17.4 Å². The van der Waals surface area contributed by atoms with Gasteiger partial charge in [0.15, 0.2) is 0 Å². The SMILES string of the molecule is COc1ccccc1[C@H](N)c1nccn1C. The van der Waals surface area contributed by atoms with Crippen LogP contribution in [0.4, 0.5) is 0 Å². The molecule has 0 fully saturated rings. The topological polar surface area (TPSA) is 53.1 Å². The first-order valence-electron chi connectivity index (χ1n) is 5.09. The molecule has 2 aromatic rings. The molecule has 0 bridgehead atoms. The van der Waals surface area contributed by atoms with Gasteiger partial charge in [-0.2, -0.15) is 0 Å². The highest BCUT2D eigenvalue weighted by atomic mass is 16.5. The van der Waals surface area contributed by atoms with Crippen molar-refractivity contribution < 1.29 is 4.74 Å². The molecule has 2 N–H and O–H groups in total. The number of benzene rings is 1. The normalized spacial score (nSPS) is 12.4. The zero-order valence-corrected chi connectivity index (χ0v) is 9.42. The zero-order valence-electron chi connectivity index (χ0n) is 9.42. The molecule has 1 atom stereocenters. The van der Waals surface area contributed by atoms with Crippen LogP contribution in [0.15, 0.2) is 36.7 Å². The Morgan fingerprint density at radius 3 is 2.75 bits per heavy atom. The predicted octanol–water partition coefficient (Wildman–Crippen LogP) is 1.48. The van der Waals surface area contributed by atoms with Crippen LogP contribution in [0.25, 0.3) is 0 Å². The van der Waals surface area contributed by atoms with Gasteiger partial charge in [-0.15, -0.1) is 0 Å². The van der Waals surface area contributed by atoms with Crippen molar-refractivity contribution in [2.24, 2.45) is 12.8 Å². The van der Waals surface area contributed by atoms with Crippen LogP contribution < -0.4 is 10.5 Å². The van der Waals surface area contributed by atoms with Crippen molar-refractivity contribution in [2.75, 3.05) is 7.11 Å². The van der Waals surface area contributed by atoms with E-state index in [0.717, 1.165) is 17.1 Å². The van der Waals surface area contributed by atoms with Gasteiger partial charge in [0.2, 0.25) is 0 Å². The number of aryl methyl sites for hydroxylation is 1. The van der Waals surface area contributed by atoms with Crippen LogP contribution in [0, 0.1) is 0 Å². The minimum atomic E-state index is -0.267. The molecule has 2 rings (SSSR count). The van der Waals surface area contributed by atoms with Gasteiger partial charge in [0.1, 0.15) is 11.6 Å². The maximum Gasteiger partial charge on any atom is 0.130 e. The Balaban J connectivity index is 2.41. The number of hydrogen-bond donors (Lipinski definition) is 1. The number of ether oxygens (including phenoxy) is 1. The van der Waals surface area contributed by atoms with Crippen LogP contribution in [-0.2, 0) is 7.05 Å².